The molecule has 0 aromatic rings. The van der Waals surface area contributed by atoms with Crippen LogP contribution in [0.15, 0.2) is 11.6 Å². The second kappa shape index (κ2) is 6.41. The van der Waals surface area contributed by atoms with E-state index in [1.54, 1.807) is 0 Å². The van der Waals surface area contributed by atoms with Crippen LogP contribution >= 0.6 is 0 Å². The van der Waals surface area contributed by atoms with Gasteiger partial charge in [0.25, 0.3) is 0 Å². The van der Waals surface area contributed by atoms with Crippen molar-refractivity contribution < 1.29 is 4.74 Å². The summed E-state index contributed by atoms with van der Waals surface area (Å²) in [7, 11) is 0. The fraction of sp³-hybridized carbons (Fsp3) is 0.857. The average molecular weight is 225 g/mol. The van der Waals surface area contributed by atoms with Gasteiger partial charge in [0.15, 0.2) is 0 Å². The Bertz CT molecular complexity index is 223. The fourth-order valence-electron chi connectivity index (χ4n) is 2.70. The zero-order valence-corrected chi connectivity index (χ0v) is 11.1. The standard InChI is InChI=1S/C14H27NO/c1-4-16-14(13(15)11-12(2)3)9-7-5-6-8-10-14/h11,13H,4-10,15H2,1-3H3. The molecule has 0 bridgehead atoms. The van der Waals surface area contributed by atoms with Gasteiger partial charge in [0.1, 0.15) is 0 Å². The summed E-state index contributed by atoms with van der Waals surface area (Å²) < 4.78 is 6.04. The van der Waals surface area contributed by atoms with Gasteiger partial charge >= 0.3 is 0 Å². The predicted molar refractivity (Wildman–Crippen MR) is 69.5 cm³/mol. The Balaban J connectivity index is 2.80. The van der Waals surface area contributed by atoms with Crippen LogP contribution in [0.4, 0.5) is 0 Å². The second-order valence-electron chi connectivity index (χ2n) is 5.18. The highest BCUT2D eigenvalue weighted by molar-refractivity contribution is 5.09. The monoisotopic (exact) mass is 225 g/mol. The summed E-state index contributed by atoms with van der Waals surface area (Å²) in [6, 6.07) is 0.0514. The van der Waals surface area contributed by atoms with Crippen molar-refractivity contribution in [3.63, 3.8) is 0 Å². The SMILES string of the molecule is CCOC1(C(N)C=C(C)C)CCCCCC1. The molecule has 1 aliphatic carbocycles. The van der Waals surface area contributed by atoms with Crippen molar-refractivity contribution in [1.82, 2.24) is 0 Å². The highest BCUT2D eigenvalue weighted by Gasteiger charge is 2.36. The molecule has 1 aliphatic rings. The molecule has 2 nitrogen and oxygen atoms in total. The Kier molecular flexibility index (Phi) is 5.50. The first-order valence-electron chi connectivity index (χ1n) is 6.65. The van der Waals surface area contributed by atoms with Gasteiger partial charge in [-0.05, 0) is 33.6 Å². The van der Waals surface area contributed by atoms with E-state index in [4.69, 9.17) is 10.5 Å². The predicted octanol–water partition coefficient (Wildman–Crippen LogP) is 3.41. The van der Waals surface area contributed by atoms with Crippen LogP contribution < -0.4 is 5.73 Å². The second-order valence-corrected chi connectivity index (χ2v) is 5.18. The molecule has 0 aromatic heterocycles. The lowest BCUT2D eigenvalue weighted by atomic mass is 9.85. The van der Waals surface area contributed by atoms with E-state index in [1.807, 2.05) is 0 Å². The van der Waals surface area contributed by atoms with Gasteiger partial charge < -0.3 is 10.5 Å². The summed E-state index contributed by atoms with van der Waals surface area (Å²) in [6.45, 7) is 7.05. The van der Waals surface area contributed by atoms with Gasteiger partial charge in [0.05, 0.1) is 11.6 Å². The largest absolute Gasteiger partial charge is 0.373 e. The zero-order chi connectivity index (χ0) is 12.0. The van der Waals surface area contributed by atoms with Gasteiger partial charge in [-0.2, -0.15) is 0 Å². The molecule has 0 amide bonds. The Morgan fingerprint density at radius 2 is 1.81 bits per heavy atom. The van der Waals surface area contributed by atoms with E-state index in [9.17, 15) is 0 Å². The van der Waals surface area contributed by atoms with E-state index in [1.165, 1.54) is 31.3 Å². The van der Waals surface area contributed by atoms with E-state index >= 15 is 0 Å². The molecule has 0 radical (unpaired) electrons. The van der Waals surface area contributed by atoms with Crippen molar-refractivity contribution in [2.75, 3.05) is 6.61 Å². The third-order valence-electron chi connectivity index (χ3n) is 3.50. The first-order chi connectivity index (χ1) is 7.60. The first-order valence-corrected chi connectivity index (χ1v) is 6.65. The summed E-state index contributed by atoms with van der Waals surface area (Å²) in [6.07, 6.45) is 9.57. The van der Waals surface area contributed by atoms with E-state index in [2.05, 4.69) is 26.8 Å². The van der Waals surface area contributed by atoms with Crippen molar-refractivity contribution in [3.05, 3.63) is 11.6 Å². The number of hydrogen-bond donors (Lipinski definition) is 1. The first kappa shape index (κ1) is 13.7. The molecule has 1 unspecified atom stereocenters. The minimum absolute atomic E-state index is 0.0514. The molecule has 0 saturated heterocycles. The molecule has 1 fully saturated rings. The van der Waals surface area contributed by atoms with Crippen molar-refractivity contribution in [2.24, 2.45) is 5.73 Å². The highest BCUT2D eigenvalue weighted by Crippen LogP contribution is 2.33. The average Bonchev–Trinajstić information content (AvgIpc) is 2.44. The molecule has 1 atom stereocenters. The van der Waals surface area contributed by atoms with Crippen LogP contribution in [-0.4, -0.2) is 18.2 Å². The molecule has 1 saturated carbocycles. The maximum Gasteiger partial charge on any atom is 0.0868 e. The summed E-state index contributed by atoms with van der Waals surface area (Å²) in [5.41, 5.74) is 7.53. The van der Waals surface area contributed by atoms with Crippen LogP contribution in [0.25, 0.3) is 0 Å². The summed E-state index contributed by atoms with van der Waals surface area (Å²) in [5.74, 6) is 0. The minimum Gasteiger partial charge on any atom is -0.373 e. The van der Waals surface area contributed by atoms with Gasteiger partial charge in [-0.25, -0.2) is 0 Å². The van der Waals surface area contributed by atoms with Crippen LogP contribution in [0.1, 0.15) is 59.3 Å². The third kappa shape index (κ3) is 3.60. The Hall–Kier alpha value is -0.340. The number of allylic oxidation sites excluding steroid dienone is 1. The molecule has 2 heteroatoms. The summed E-state index contributed by atoms with van der Waals surface area (Å²) in [5, 5.41) is 0. The van der Waals surface area contributed by atoms with Crippen LogP contribution in [0.2, 0.25) is 0 Å². The van der Waals surface area contributed by atoms with Gasteiger partial charge in [-0.1, -0.05) is 37.3 Å². The summed E-state index contributed by atoms with van der Waals surface area (Å²) >= 11 is 0. The van der Waals surface area contributed by atoms with Crippen molar-refractivity contribution in [1.29, 1.82) is 0 Å². The van der Waals surface area contributed by atoms with E-state index in [0.717, 1.165) is 19.4 Å². The summed E-state index contributed by atoms with van der Waals surface area (Å²) in [4.78, 5) is 0. The van der Waals surface area contributed by atoms with Crippen LogP contribution in [-0.2, 0) is 4.74 Å². The van der Waals surface area contributed by atoms with Gasteiger partial charge in [-0.3, -0.25) is 0 Å². The highest BCUT2D eigenvalue weighted by atomic mass is 16.5. The van der Waals surface area contributed by atoms with Crippen LogP contribution in [0, 0.1) is 0 Å². The molecule has 0 aromatic carbocycles. The zero-order valence-electron chi connectivity index (χ0n) is 11.1. The van der Waals surface area contributed by atoms with Crippen molar-refractivity contribution in [3.8, 4) is 0 Å². The molecular weight excluding hydrogens is 198 g/mol. The molecule has 0 aliphatic heterocycles. The number of hydrogen-bond acceptors (Lipinski definition) is 2. The van der Waals surface area contributed by atoms with E-state index < -0.39 is 0 Å². The number of ether oxygens (including phenoxy) is 1. The minimum atomic E-state index is -0.0947. The lowest BCUT2D eigenvalue weighted by molar-refractivity contribution is -0.0588. The van der Waals surface area contributed by atoms with Crippen molar-refractivity contribution in [2.45, 2.75) is 70.9 Å². The third-order valence-corrected chi connectivity index (χ3v) is 3.50. The fourth-order valence-corrected chi connectivity index (χ4v) is 2.70. The molecule has 0 spiro atoms. The molecular formula is C14H27NO. The van der Waals surface area contributed by atoms with E-state index in [0.29, 0.717) is 0 Å². The van der Waals surface area contributed by atoms with Crippen molar-refractivity contribution >= 4 is 0 Å². The molecule has 94 valence electrons. The van der Waals surface area contributed by atoms with E-state index in [-0.39, 0.29) is 11.6 Å². The lowest BCUT2D eigenvalue weighted by Gasteiger charge is -2.37. The van der Waals surface area contributed by atoms with Gasteiger partial charge in [-0.15, -0.1) is 0 Å². The molecule has 16 heavy (non-hydrogen) atoms. The van der Waals surface area contributed by atoms with Crippen LogP contribution in [0.5, 0.6) is 0 Å². The quantitative estimate of drug-likeness (QED) is 0.588. The Labute approximate surface area is 100 Å². The maximum atomic E-state index is 6.34. The lowest BCUT2D eigenvalue weighted by Crippen LogP contribution is -2.49. The smallest absolute Gasteiger partial charge is 0.0868 e. The Morgan fingerprint density at radius 1 is 1.25 bits per heavy atom. The Morgan fingerprint density at radius 3 is 2.25 bits per heavy atom. The number of nitrogens with two attached hydrogens (primary N) is 1. The van der Waals surface area contributed by atoms with Gasteiger partial charge in [0, 0.05) is 6.61 Å². The molecule has 2 N–H and O–H groups in total. The number of rotatable bonds is 4. The molecule has 0 heterocycles. The normalized spacial score (nSPS) is 22.2. The van der Waals surface area contributed by atoms with Crippen LogP contribution in [0.3, 0.4) is 0 Å². The topological polar surface area (TPSA) is 35.2 Å². The molecule has 1 rings (SSSR count). The maximum absolute atomic E-state index is 6.34. The van der Waals surface area contributed by atoms with Gasteiger partial charge in [0.2, 0.25) is 0 Å².